The molecule has 9 heteroatoms. The second-order valence-corrected chi connectivity index (χ2v) is 8.56. The van der Waals surface area contributed by atoms with Crippen LogP contribution in [0.25, 0.3) is 11.5 Å². The molecule has 1 unspecified atom stereocenters. The fraction of sp³-hybridized carbons (Fsp3) is 0.185. The number of aryl methyl sites for hydroxylation is 2. The largest absolute Gasteiger partial charge is 0.469 e. The quantitative estimate of drug-likeness (QED) is 0.369. The SMILES string of the molecule is Cc1occc1C(=O)Nc1cccc(-c2nc(CNC(=O)C3CC(=O)Nc4ccccc43)c(C)o2)c1. The highest BCUT2D eigenvalue weighted by molar-refractivity contribution is 6.05. The molecule has 3 amide bonds. The lowest BCUT2D eigenvalue weighted by atomic mass is 9.90. The predicted molar refractivity (Wildman–Crippen MR) is 132 cm³/mol. The van der Waals surface area contributed by atoms with Crippen LogP contribution in [0, 0.1) is 13.8 Å². The maximum absolute atomic E-state index is 12.9. The number of rotatable bonds is 6. The first kappa shape index (κ1) is 23.1. The van der Waals surface area contributed by atoms with Crippen molar-refractivity contribution in [3.05, 3.63) is 89.2 Å². The molecule has 5 rings (SSSR count). The van der Waals surface area contributed by atoms with E-state index in [9.17, 15) is 14.4 Å². The van der Waals surface area contributed by atoms with Gasteiger partial charge in [0.2, 0.25) is 17.7 Å². The number of hydrogen-bond donors (Lipinski definition) is 3. The summed E-state index contributed by atoms with van der Waals surface area (Å²) >= 11 is 0. The van der Waals surface area contributed by atoms with Gasteiger partial charge in [0, 0.05) is 23.4 Å². The van der Waals surface area contributed by atoms with E-state index in [1.807, 2.05) is 24.3 Å². The maximum Gasteiger partial charge on any atom is 0.259 e. The number of amides is 3. The third kappa shape index (κ3) is 4.63. The Balaban J connectivity index is 1.28. The number of benzene rings is 2. The smallest absolute Gasteiger partial charge is 0.259 e. The minimum atomic E-state index is -0.569. The number of para-hydroxylation sites is 1. The van der Waals surface area contributed by atoms with Crippen molar-refractivity contribution in [2.24, 2.45) is 0 Å². The van der Waals surface area contributed by atoms with Gasteiger partial charge in [-0.25, -0.2) is 4.98 Å². The number of furan rings is 1. The predicted octanol–water partition coefficient (Wildman–Crippen LogP) is 4.55. The van der Waals surface area contributed by atoms with Crippen molar-refractivity contribution in [1.82, 2.24) is 10.3 Å². The van der Waals surface area contributed by atoms with Crippen LogP contribution >= 0.6 is 0 Å². The molecule has 4 aromatic rings. The Bertz CT molecular complexity index is 1470. The Hall–Kier alpha value is -4.66. The first-order valence-electron chi connectivity index (χ1n) is 11.5. The van der Waals surface area contributed by atoms with Gasteiger partial charge in [-0.3, -0.25) is 14.4 Å². The molecule has 0 bridgehead atoms. The van der Waals surface area contributed by atoms with E-state index in [-0.39, 0.29) is 30.7 Å². The average Bonchev–Trinajstić information content (AvgIpc) is 3.47. The van der Waals surface area contributed by atoms with E-state index in [0.29, 0.717) is 45.6 Å². The van der Waals surface area contributed by atoms with Crippen molar-refractivity contribution in [1.29, 1.82) is 0 Å². The zero-order valence-electron chi connectivity index (χ0n) is 19.8. The Morgan fingerprint density at radius 1 is 1.08 bits per heavy atom. The minimum Gasteiger partial charge on any atom is -0.469 e. The number of aromatic nitrogens is 1. The molecule has 1 atom stereocenters. The highest BCUT2D eigenvalue weighted by Crippen LogP contribution is 2.32. The molecule has 3 N–H and O–H groups in total. The van der Waals surface area contributed by atoms with Gasteiger partial charge in [-0.1, -0.05) is 24.3 Å². The zero-order valence-corrected chi connectivity index (χ0v) is 19.8. The van der Waals surface area contributed by atoms with Gasteiger partial charge in [0.15, 0.2) is 0 Å². The summed E-state index contributed by atoms with van der Waals surface area (Å²) in [5, 5.41) is 8.53. The molecular formula is C27H24N4O5. The second kappa shape index (κ2) is 9.53. The number of carbonyl (C=O) groups is 3. The molecule has 0 saturated heterocycles. The molecule has 1 aliphatic heterocycles. The van der Waals surface area contributed by atoms with E-state index in [0.717, 1.165) is 5.56 Å². The van der Waals surface area contributed by atoms with E-state index in [1.165, 1.54) is 6.26 Å². The van der Waals surface area contributed by atoms with Crippen molar-refractivity contribution in [3.63, 3.8) is 0 Å². The standard InChI is InChI=1S/C27H24N4O5/c1-15-19(10-11-35-15)26(34)29-18-7-5-6-17(12-18)27-31-23(16(2)36-27)14-28-25(33)21-13-24(32)30-22-9-4-3-8-20(21)22/h3-12,21H,13-14H2,1-2H3,(H,28,33)(H,29,34)(H,30,32). The molecule has 1 aliphatic rings. The maximum atomic E-state index is 12.9. The number of hydrogen-bond acceptors (Lipinski definition) is 6. The number of fused-ring (bicyclic) bond motifs is 1. The number of anilines is 2. The third-order valence-corrected chi connectivity index (χ3v) is 6.11. The van der Waals surface area contributed by atoms with Crippen molar-refractivity contribution in [2.75, 3.05) is 10.6 Å². The molecule has 36 heavy (non-hydrogen) atoms. The van der Waals surface area contributed by atoms with Crippen molar-refractivity contribution in [2.45, 2.75) is 32.7 Å². The van der Waals surface area contributed by atoms with Gasteiger partial charge in [0.25, 0.3) is 5.91 Å². The Labute approximate surface area is 206 Å². The van der Waals surface area contributed by atoms with E-state index < -0.39 is 5.92 Å². The van der Waals surface area contributed by atoms with Crippen LogP contribution in [0.5, 0.6) is 0 Å². The van der Waals surface area contributed by atoms with Crippen LogP contribution in [0.1, 0.15) is 45.5 Å². The lowest BCUT2D eigenvalue weighted by Gasteiger charge is -2.24. The fourth-order valence-corrected chi connectivity index (χ4v) is 4.20. The fourth-order valence-electron chi connectivity index (χ4n) is 4.20. The first-order valence-corrected chi connectivity index (χ1v) is 11.5. The monoisotopic (exact) mass is 484 g/mol. The summed E-state index contributed by atoms with van der Waals surface area (Å²) in [6, 6.07) is 16.1. The molecule has 2 aromatic heterocycles. The molecule has 0 fully saturated rings. The molecule has 0 spiro atoms. The molecule has 182 valence electrons. The van der Waals surface area contributed by atoms with E-state index in [1.54, 1.807) is 44.2 Å². The summed E-state index contributed by atoms with van der Waals surface area (Å²) in [5.41, 5.74) is 3.74. The highest BCUT2D eigenvalue weighted by atomic mass is 16.4. The van der Waals surface area contributed by atoms with Crippen LogP contribution in [0.4, 0.5) is 11.4 Å². The third-order valence-electron chi connectivity index (χ3n) is 6.11. The van der Waals surface area contributed by atoms with Crippen molar-refractivity contribution in [3.8, 4) is 11.5 Å². The van der Waals surface area contributed by atoms with Gasteiger partial charge < -0.3 is 24.8 Å². The number of nitrogens with one attached hydrogen (secondary N) is 3. The normalized spacial score (nSPS) is 14.6. The summed E-state index contributed by atoms with van der Waals surface area (Å²) in [6.07, 6.45) is 1.56. The van der Waals surface area contributed by atoms with Crippen LogP contribution in [0.15, 0.2) is 69.7 Å². The van der Waals surface area contributed by atoms with Gasteiger partial charge in [-0.2, -0.15) is 0 Å². The minimum absolute atomic E-state index is 0.0861. The number of carbonyl (C=O) groups excluding carboxylic acids is 3. The van der Waals surface area contributed by atoms with Crippen molar-refractivity contribution < 1.29 is 23.2 Å². The Morgan fingerprint density at radius 3 is 2.72 bits per heavy atom. The Kier molecular flexibility index (Phi) is 6.12. The van der Waals surface area contributed by atoms with Crippen LogP contribution in [0.2, 0.25) is 0 Å². The van der Waals surface area contributed by atoms with Gasteiger partial charge in [0.05, 0.1) is 24.3 Å². The molecule has 0 radical (unpaired) electrons. The Morgan fingerprint density at radius 2 is 1.92 bits per heavy atom. The number of oxazole rings is 1. The lowest BCUT2D eigenvalue weighted by Crippen LogP contribution is -2.34. The summed E-state index contributed by atoms with van der Waals surface area (Å²) in [5.74, 6) is 0.189. The average molecular weight is 485 g/mol. The second-order valence-electron chi connectivity index (χ2n) is 8.56. The van der Waals surface area contributed by atoms with Gasteiger partial charge in [-0.05, 0) is 49.7 Å². The zero-order chi connectivity index (χ0) is 25.2. The summed E-state index contributed by atoms with van der Waals surface area (Å²) < 4.78 is 11.0. The van der Waals surface area contributed by atoms with Crippen LogP contribution in [-0.2, 0) is 16.1 Å². The number of nitrogens with zero attached hydrogens (tertiary/aromatic N) is 1. The van der Waals surface area contributed by atoms with E-state index in [2.05, 4.69) is 20.9 Å². The van der Waals surface area contributed by atoms with Crippen LogP contribution in [0.3, 0.4) is 0 Å². The highest BCUT2D eigenvalue weighted by Gasteiger charge is 2.30. The summed E-state index contributed by atoms with van der Waals surface area (Å²) in [6.45, 7) is 3.66. The van der Waals surface area contributed by atoms with E-state index in [4.69, 9.17) is 8.83 Å². The van der Waals surface area contributed by atoms with Crippen molar-refractivity contribution >= 4 is 29.1 Å². The van der Waals surface area contributed by atoms with Gasteiger partial charge in [0.1, 0.15) is 17.2 Å². The van der Waals surface area contributed by atoms with E-state index >= 15 is 0 Å². The molecule has 9 nitrogen and oxygen atoms in total. The van der Waals surface area contributed by atoms with Crippen LogP contribution < -0.4 is 16.0 Å². The first-order chi connectivity index (χ1) is 17.4. The molecule has 0 saturated carbocycles. The van der Waals surface area contributed by atoms with Gasteiger partial charge >= 0.3 is 0 Å². The molecule has 0 aliphatic carbocycles. The molecule has 3 heterocycles. The molecule has 2 aromatic carbocycles. The molecular weight excluding hydrogens is 460 g/mol. The lowest BCUT2D eigenvalue weighted by molar-refractivity contribution is -0.126. The summed E-state index contributed by atoms with van der Waals surface area (Å²) in [7, 11) is 0. The topological polar surface area (TPSA) is 126 Å². The summed E-state index contributed by atoms with van der Waals surface area (Å²) in [4.78, 5) is 42.1. The van der Waals surface area contributed by atoms with Gasteiger partial charge in [-0.15, -0.1) is 0 Å². The van der Waals surface area contributed by atoms with Crippen LogP contribution in [-0.4, -0.2) is 22.7 Å².